The van der Waals surface area contributed by atoms with E-state index in [1.165, 1.54) is 6.42 Å². The number of hydrogen-bond acceptors (Lipinski definition) is 4. The van der Waals surface area contributed by atoms with Crippen LogP contribution in [0.25, 0.3) is 0 Å². The normalized spacial score (nSPS) is 23.5. The molecule has 3 N–H and O–H groups in total. The number of aliphatic hydroxyl groups excluding tert-OH is 1. The van der Waals surface area contributed by atoms with Crippen LogP contribution in [0.1, 0.15) is 43.8 Å². The first-order chi connectivity index (χ1) is 12.2. The maximum absolute atomic E-state index is 12.0. The highest BCUT2D eigenvalue weighted by molar-refractivity contribution is 5.76. The van der Waals surface area contributed by atoms with Gasteiger partial charge in [0, 0.05) is 25.6 Å². The van der Waals surface area contributed by atoms with E-state index in [4.69, 9.17) is 0 Å². The van der Waals surface area contributed by atoms with Gasteiger partial charge in [-0.15, -0.1) is 0 Å². The summed E-state index contributed by atoms with van der Waals surface area (Å²) in [5.41, 5.74) is 0.984. The zero-order valence-corrected chi connectivity index (χ0v) is 15.0. The van der Waals surface area contributed by atoms with Crippen molar-refractivity contribution >= 4 is 5.91 Å². The molecule has 0 spiro atoms. The number of nitrogens with zero attached hydrogens (tertiary/aromatic N) is 1. The van der Waals surface area contributed by atoms with Gasteiger partial charge in [-0.05, 0) is 56.8 Å². The van der Waals surface area contributed by atoms with Gasteiger partial charge in [-0.3, -0.25) is 4.79 Å². The second-order valence-electron chi connectivity index (χ2n) is 7.47. The minimum absolute atomic E-state index is 0.182. The average molecular weight is 345 g/mol. The summed E-state index contributed by atoms with van der Waals surface area (Å²) < 4.78 is 0. The third-order valence-corrected chi connectivity index (χ3v) is 5.50. The second kappa shape index (κ2) is 9.32. The number of β-amino-alcohol motifs (C(OH)–C–C–N with tert-alkyl or cyclic N) is 1. The molecule has 1 aromatic rings. The van der Waals surface area contributed by atoms with E-state index in [1.54, 1.807) is 0 Å². The fourth-order valence-corrected chi connectivity index (χ4v) is 3.88. The van der Waals surface area contributed by atoms with Crippen molar-refractivity contribution in [3.05, 3.63) is 35.9 Å². The van der Waals surface area contributed by atoms with Crippen molar-refractivity contribution in [2.45, 2.75) is 44.2 Å². The molecule has 5 nitrogen and oxygen atoms in total. The Morgan fingerprint density at radius 2 is 2.00 bits per heavy atom. The molecule has 3 rings (SSSR count). The van der Waals surface area contributed by atoms with Gasteiger partial charge >= 0.3 is 0 Å². The van der Waals surface area contributed by atoms with Crippen LogP contribution in [0, 0.1) is 5.92 Å². The van der Waals surface area contributed by atoms with Gasteiger partial charge < -0.3 is 20.6 Å². The Morgan fingerprint density at radius 3 is 2.68 bits per heavy atom. The van der Waals surface area contributed by atoms with Crippen molar-refractivity contribution in [3.63, 3.8) is 0 Å². The maximum Gasteiger partial charge on any atom is 0.221 e. The molecule has 0 aromatic heterocycles. The van der Waals surface area contributed by atoms with E-state index in [-0.39, 0.29) is 5.91 Å². The van der Waals surface area contributed by atoms with Gasteiger partial charge in [0.25, 0.3) is 0 Å². The lowest BCUT2D eigenvalue weighted by Gasteiger charge is -2.33. The van der Waals surface area contributed by atoms with Crippen LogP contribution in [0.5, 0.6) is 0 Å². The van der Waals surface area contributed by atoms with Crippen molar-refractivity contribution in [1.29, 1.82) is 0 Å². The summed E-state index contributed by atoms with van der Waals surface area (Å²) in [4.78, 5) is 14.3. The number of amides is 1. The summed E-state index contributed by atoms with van der Waals surface area (Å²) in [7, 11) is 0. The van der Waals surface area contributed by atoms with Crippen molar-refractivity contribution in [2.24, 2.45) is 5.92 Å². The Hall–Kier alpha value is -1.43. The molecule has 2 unspecified atom stereocenters. The number of carbonyl (C=O) groups excluding carboxylic acids is 1. The van der Waals surface area contributed by atoms with Gasteiger partial charge in [0.1, 0.15) is 0 Å². The van der Waals surface area contributed by atoms with Gasteiger partial charge in [-0.1, -0.05) is 30.3 Å². The maximum atomic E-state index is 12.0. The van der Waals surface area contributed by atoms with Gasteiger partial charge in [0.2, 0.25) is 5.91 Å². The molecular formula is C20H31N3O2. The predicted molar refractivity (Wildman–Crippen MR) is 99.2 cm³/mol. The molecule has 0 aliphatic carbocycles. The average Bonchev–Trinajstić information content (AvgIpc) is 3.15. The topological polar surface area (TPSA) is 64.6 Å². The first-order valence-electron chi connectivity index (χ1n) is 9.66. The lowest BCUT2D eigenvalue weighted by molar-refractivity contribution is -0.121. The molecule has 0 radical (unpaired) electrons. The Bertz CT molecular complexity index is 523. The van der Waals surface area contributed by atoms with Crippen molar-refractivity contribution in [2.75, 3.05) is 32.7 Å². The molecular weight excluding hydrogens is 314 g/mol. The summed E-state index contributed by atoms with van der Waals surface area (Å²) in [6.45, 7) is 4.52. The summed E-state index contributed by atoms with van der Waals surface area (Å²) >= 11 is 0. The van der Waals surface area contributed by atoms with Gasteiger partial charge in [-0.2, -0.15) is 0 Å². The van der Waals surface area contributed by atoms with Crippen molar-refractivity contribution in [1.82, 2.24) is 15.5 Å². The third kappa shape index (κ3) is 5.80. The Labute approximate surface area is 150 Å². The quantitative estimate of drug-likeness (QED) is 0.704. The second-order valence-corrected chi connectivity index (χ2v) is 7.47. The molecule has 1 amide bonds. The first kappa shape index (κ1) is 18.4. The number of hydrogen-bond donors (Lipinski definition) is 3. The molecule has 5 heteroatoms. The lowest BCUT2D eigenvalue weighted by Crippen LogP contribution is -2.41. The predicted octanol–water partition coefficient (Wildman–Crippen LogP) is 1.69. The zero-order valence-electron chi connectivity index (χ0n) is 15.0. The molecule has 0 saturated carbocycles. The van der Waals surface area contributed by atoms with Gasteiger partial charge in [-0.25, -0.2) is 0 Å². The van der Waals surface area contributed by atoms with Gasteiger partial charge in [0.05, 0.1) is 6.10 Å². The Morgan fingerprint density at radius 1 is 1.24 bits per heavy atom. The molecule has 2 aliphatic heterocycles. The molecule has 1 aromatic carbocycles. The minimum Gasteiger partial charge on any atom is -0.387 e. The largest absolute Gasteiger partial charge is 0.387 e. The molecule has 138 valence electrons. The monoisotopic (exact) mass is 345 g/mol. The van der Waals surface area contributed by atoms with Crippen LogP contribution in [0.15, 0.2) is 30.3 Å². The zero-order chi connectivity index (χ0) is 17.5. The standard InChI is InChI=1S/C20H31N3O2/c24-19(17-5-2-1-3-6-17)15-23-11-8-16(9-12-23)14-22-20(25)13-18-7-4-10-21-18/h1-3,5-6,16,18-19,21,24H,4,7-15H2,(H,22,25). The number of piperidine rings is 1. The molecule has 2 heterocycles. The fourth-order valence-electron chi connectivity index (χ4n) is 3.88. The lowest BCUT2D eigenvalue weighted by atomic mass is 9.96. The minimum atomic E-state index is -0.420. The summed E-state index contributed by atoms with van der Waals surface area (Å²) in [5.74, 6) is 0.743. The van der Waals surface area contributed by atoms with Crippen LogP contribution < -0.4 is 10.6 Å². The number of benzene rings is 1. The summed E-state index contributed by atoms with van der Waals surface area (Å²) in [6, 6.07) is 10.2. The van der Waals surface area contributed by atoms with Crippen LogP contribution in [0.4, 0.5) is 0 Å². The van der Waals surface area contributed by atoms with Crippen molar-refractivity contribution < 1.29 is 9.90 Å². The molecule has 2 fully saturated rings. The highest BCUT2D eigenvalue weighted by Gasteiger charge is 2.23. The van der Waals surface area contributed by atoms with E-state index in [2.05, 4.69) is 15.5 Å². The first-order valence-corrected chi connectivity index (χ1v) is 9.66. The molecule has 2 aliphatic rings. The number of rotatable bonds is 7. The van der Waals surface area contributed by atoms with E-state index < -0.39 is 6.10 Å². The highest BCUT2D eigenvalue weighted by Crippen LogP contribution is 2.20. The molecule has 2 saturated heterocycles. The third-order valence-electron chi connectivity index (χ3n) is 5.50. The van der Waals surface area contributed by atoms with Gasteiger partial charge in [0.15, 0.2) is 0 Å². The summed E-state index contributed by atoms with van der Waals surface area (Å²) in [6.07, 6.45) is 4.67. The number of aliphatic hydroxyl groups is 1. The van der Waals surface area contributed by atoms with E-state index in [1.807, 2.05) is 30.3 Å². The van der Waals surface area contributed by atoms with Crippen LogP contribution in [-0.4, -0.2) is 54.7 Å². The van der Waals surface area contributed by atoms with Crippen molar-refractivity contribution in [3.8, 4) is 0 Å². The summed E-state index contributed by atoms with van der Waals surface area (Å²) in [5, 5.41) is 16.8. The SMILES string of the molecule is O=C(CC1CCCN1)NCC1CCN(CC(O)c2ccccc2)CC1. The molecule has 2 atom stereocenters. The molecule has 25 heavy (non-hydrogen) atoms. The van der Waals surface area contributed by atoms with Crippen LogP contribution in [-0.2, 0) is 4.79 Å². The number of nitrogens with one attached hydrogen (secondary N) is 2. The molecule has 0 bridgehead atoms. The smallest absolute Gasteiger partial charge is 0.221 e. The fraction of sp³-hybridized carbons (Fsp3) is 0.650. The van der Waals surface area contributed by atoms with Crippen LogP contribution in [0.2, 0.25) is 0 Å². The number of carbonyl (C=O) groups is 1. The van der Waals surface area contributed by atoms with Crippen LogP contribution >= 0.6 is 0 Å². The van der Waals surface area contributed by atoms with E-state index in [0.717, 1.165) is 51.0 Å². The van der Waals surface area contributed by atoms with E-state index in [0.29, 0.717) is 24.9 Å². The van der Waals surface area contributed by atoms with E-state index in [9.17, 15) is 9.90 Å². The number of likely N-dealkylation sites (tertiary alicyclic amines) is 1. The highest BCUT2D eigenvalue weighted by atomic mass is 16.3. The Kier molecular flexibility index (Phi) is 6.84. The Balaban J connectivity index is 1.32. The van der Waals surface area contributed by atoms with E-state index >= 15 is 0 Å². The van der Waals surface area contributed by atoms with Crippen LogP contribution in [0.3, 0.4) is 0 Å².